The van der Waals surface area contributed by atoms with Crippen molar-refractivity contribution < 1.29 is 38.7 Å². The van der Waals surface area contributed by atoms with Gasteiger partial charge in [0.05, 0.1) is 0 Å². The molecule has 0 aromatic heterocycles. The van der Waals surface area contributed by atoms with Crippen molar-refractivity contribution in [2.45, 2.75) is 83.2 Å². The fraction of sp³-hybridized carbons (Fsp3) is 0.680. The van der Waals surface area contributed by atoms with E-state index in [2.05, 4.69) is 31.9 Å². The number of hydrogen-bond acceptors (Lipinski definition) is 8. The van der Waals surface area contributed by atoms with Gasteiger partial charge in [-0.2, -0.15) is 0 Å². The lowest BCUT2D eigenvalue weighted by atomic mass is 10.1. The van der Waals surface area contributed by atoms with Gasteiger partial charge in [0.15, 0.2) is 5.96 Å². The molecule has 0 rings (SSSR count). The van der Waals surface area contributed by atoms with Gasteiger partial charge in [-0.3, -0.25) is 39.0 Å². The molecule has 17 heteroatoms. The van der Waals surface area contributed by atoms with Crippen LogP contribution < -0.4 is 43.4 Å². The maximum atomic E-state index is 12.5. The lowest BCUT2D eigenvalue weighted by molar-refractivity contribution is -0.137. The van der Waals surface area contributed by atoms with Crippen molar-refractivity contribution in [1.82, 2.24) is 31.9 Å². The Morgan fingerprint density at radius 3 is 1.71 bits per heavy atom. The van der Waals surface area contributed by atoms with Crippen molar-refractivity contribution in [1.29, 1.82) is 5.41 Å². The van der Waals surface area contributed by atoms with Crippen LogP contribution in [0.1, 0.15) is 71.1 Å². The van der Waals surface area contributed by atoms with E-state index in [4.69, 9.17) is 22.0 Å². The van der Waals surface area contributed by atoms with E-state index in [1.165, 1.54) is 6.92 Å². The third-order valence-corrected chi connectivity index (χ3v) is 5.69. The number of amides is 6. The van der Waals surface area contributed by atoms with Crippen LogP contribution in [0.3, 0.4) is 0 Å². The zero-order valence-electron chi connectivity index (χ0n) is 24.0. The first kappa shape index (κ1) is 37.6. The SMILES string of the molecule is CC(=O)NC(CCC(=O)NCCCC(=O)O)C(=O)NCCCC(=O)NCCCC(=O)NC(CCCNC(=N)N)C(N)=O. The highest BCUT2D eigenvalue weighted by Gasteiger charge is 2.20. The number of carboxylic acids is 1. The summed E-state index contributed by atoms with van der Waals surface area (Å²) in [5.41, 5.74) is 10.5. The van der Waals surface area contributed by atoms with Gasteiger partial charge in [0.2, 0.25) is 35.4 Å². The highest BCUT2D eigenvalue weighted by atomic mass is 16.4. The zero-order chi connectivity index (χ0) is 31.9. The molecule has 0 saturated heterocycles. The molecule has 238 valence electrons. The van der Waals surface area contributed by atoms with E-state index >= 15 is 0 Å². The molecule has 0 heterocycles. The van der Waals surface area contributed by atoms with Crippen molar-refractivity contribution in [2.24, 2.45) is 11.5 Å². The smallest absolute Gasteiger partial charge is 0.303 e. The number of guanidine groups is 1. The number of hydrogen-bond donors (Lipinski definition) is 10. The Labute approximate surface area is 244 Å². The van der Waals surface area contributed by atoms with Crippen LogP contribution in [0.4, 0.5) is 0 Å². The van der Waals surface area contributed by atoms with Gasteiger partial charge in [-0.25, -0.2) is 0 Å². The molecule has 0 aliphatic carbocycles. The van der Waals surface area contributed by atoms with E-state index in [9.17, 15) is 33.6 Å². The van der Waals surface area contributed by atoms with Gasteiger partial charge in [-0.15, -0.1) is 0 Å². The number of carbonyl (C=O) groups is 7. The summed E-state index contributed by atoms with van der Waals surface area (Å²) in [6.07, 6.45) is 1.76. The normalized spacial score (nSPS) is 11.7. The lowest BCUT2D eigenvalue weighted by Gasteiger charge is -2.17. The molecule has 0 aromatic rings. The van der Waals surface area contributed by atoms with E-state index in [0.717, 1.165) is 0 Å². The molecule has 0 aromatic carbocycles. The topological polar surface area (TPSA) is 288 Å². The predicted octanol–water partition coefficient (Wildman–Crippen LogP) is -2.72. The Kier molecular flexibility index (Phi) is 19.9. The summed E-state index contributed by atoms with van der Waals surface area (Å²) in [6, 6.07) is -1.80. The molecule has 42 heavy (non-hydrogen) atoms. The number of carbonyl (C=O) groups excluding carboxylic acids is 6. The number of aliphatic carboxylic acids is 1. The van der Waals surface area contributed by atoms with Gasteiger partial charge in [-0.05, 0) is 38.5 Å². The molecular formula is C25H45N9O8. The number of nitrogens with one attached hydrogen (secondary N) is 7. The highest BCUT2D eigenvalue weighted by Crippen LogP contribution is 2.01. The van der Waals surface area contributed by atoms with Gasteiger partial charge in [0.1, 0.15) is 12.1 Å². The third kappa shape index (κ3) is 21.4. The average Bonchev–Trinajstić information content (AvgIpc) is 2.90. The second kappa shape index (κ2) is 22.3. The van der Waals surface area contributed by atoms with Crippen molar-refractivity contribution in [3.63, 3.8) is 0 Å². The minimum Gasteiger partial charge on any atom is -0.481 e. The Hall–Kier alpha value is -4.44. The van der Waals surface area contributed by atoms with Crippen LogP contribution >= 0.6 is 0 Å². The van der Waals surface area contributed by atoms with Crippen LogP contribution in [0, 0.1) is 5.41 Å². The van der Waals surface area contributed by atoms with Gasteiger partial charge in [0.25, 0.3) is 0 Å². The minimum absolute atomic E-state index is 0.0432. The van der Waals surface area contributed by atoms with E-state index < -0.39 is 35.8 Å². The van der Waals surface area contributed by atoms with Crippen LogP contribution in [0.15, 0.2) is 0 Å². The molecule has 2 unspecified atom stereocenters. The summed E-state index contributed by atoms with van der Waals surface area (Å²) >= 11 is 0. The molecule has 6 amide bonds. The summed E-state index contributed by atoms with van der Waals surface area (Å²) in [4.78, 5) is 82.0. The first-order valence-electron chi connectivity index (χ1n) is 13.8. The van der Waals surface area contributed by atoms with Gasteiger partial charge in [0, 0.05) is 58.8 Å². The zero-order valence-corrected chi connectivity index (χ0v) is 24.0. The van der Waals surface area contributed by atoms with Crippen LogP contribution in [0.25, 0.3) is 0 Å². The predicted molar refractivity (Wildman–Crippen MR) is 151 cm³/mol. The van der Waals surface area contributed by atoms with Gasteiger partial charge in [-0.1, -0.05) is 0 Å². The molecule has 0 fully saturated rings. The molecular weight excluding hydrogens is 554 g/mol. The number of primary amides is 1. The second-order valence-electron chi connectivity index (χ2n) is 9.49. The van der Waals surface area contributed by atoms with E-state index in [1.54, 1.807) is 0 Å². The third-order valence-electron chi connectivity index (χ3n) is 5.69. The van der Waals surface area contributed by atoms with Crippen LogP contribution in [0.2, 0.25) is 0 Å². The van der Waals surface area contributed by atoms with Crippen molar-refractivity contribution >= 4 is 47.4 Å². The molecule has 0 radical (unpaired) electrons. The molecule has 0 bridgehead atoms. The molecule has 17 nitrogen and oxygen atoms in total. The summed E-state index contributed by atoms with van der Waals surface area (Å²) < 4.78 is 0. The quantitative estimate of drug-likeness (QED) is 0.0329. The molecule has 0 spiro atoms. The van der Waals surface area contributed by atoms with Crippen molar-refractivity contribution in [3.8, 4) is 0 Å². The molecule has 0 aliphatic rings. The highest BCUT2D eigenvalue weighted by molar-refractivity contribution is 5.88. The van der Waals surface area contributed by atoms with E-state index in [-0.39, 0.29) is 88.3 Å². The largest absolute Gasteiger partial charge is 0.481 e. The molecule has 0 aliphatic heterocycles. The number of rotatable bonds is 23. The van der Waals surface area contributed by atoms with Crippen LogP contribution in [-0.2, 0) is 33.6 Å². The summed E-state index contributed by atoms with van der Waals surface area (Å²) in [7, 11) is 0. The van der Waals surface area contributed by atoms with Gasteiger partial charge >= 0.3 is 5.97 Å². The molecule has 12 N–H and O–H groups in total. The van der Waals surface area contributed by atoms with E-state index in [0.29, 0.717) is 25.8 Å². The fourth-order valence-electron chi connectivity index (χ4n) is 3.58. The Morgan fingerprint density at radius 1 is 0.643 bits per heavy atom. The van der Waals surface area contributed by atoms with Crippen molar-refractivity contribution in [2.75, 3.05) is 26.2 Å². The maximum absolute atomic E-state index is 12.5. The minimum atomic E-state index is -0.964. The fourth-order valence-corrected chi connectivity index (χ4v) is 3.58. The first-order chi connectivity index (χ1) is 19.8. The van der Waals surface area contributed by atoms with Gasteiger partial charge < -0.3 is 48.5 Å². The van der Waals surface area contributed by atoms with Crippen LogP contribution in [-0.4, -0.2) is 90.7 Å². The Balaban J connectivity index is 4.22. The average molecular weight is 600 g/mol. The van der Waals surface area contributed by atoms with Crippen molar-refractivity contribution in [3.05, 3.63) is 0 Å². The standard InChI is InChI=1S/C25H45N9O8/c1-16(35)33-18(10-11-20(37)30-13-5-9-22(39)40)24(42)31-14-3-7-19(36)29-12-4-8-21(38)34-17(23(26)41)6-2-15-32-25(27)28/h17-18H,2-15H2,1H3,(H2,26,41)(H,29,36)(H,30,37)(H,31,42)(H,33,35)(H,34,38)(H,39,40)(H4,27,28,32). The molecule has 0 saturated carbocycles. The van der Waals surface area contributed by atoms with E-state index in [1.807, 2.05) is 0 Å². The van der Waals surface area contributed by atoms with Crippen LogP contribution in [0.5, 0.6) is 0 Å². The second-order valence-corrected chi connectivity index (χ2v) is 9.49. The first-order valence-corrected chi connectivity index (χ1v) is 13.8. The summed E-state index contributed by atoms with van der Waals surface area (Å²) in [6.45, 7) is 2.17. The summed E-state index contributed by atoms with van der Waals surface area (Å²) in [5.74, 6) is -3.82. The summed E-state index contributed by atoms with van der Waals surface area (Å²) in [5, 5.41) is 31.2. The number of nitrogens with two attached hydrogens (primary N) is 2. The number of carboxylic acid groups (broad SMARTS) is 1. The Bertz CT molecular complexity index is 945. The maximum Gasteiger partial charge on any atom is 0.303 e. The monoisotopic (exact) mass is 599 g/mol. The lowest BCUT2D eigenvalue weighted by Crippen LogP contribution is -2.47. The Morgan fingerprint density at radius 2 is 1.17 bits per heavy atom. The molecule has 2 atom stereocenters.